The van der Waals surface area contributed by atoms with Gasteiger partial charge in [0.1, 0.15) is 0 Å². The second kappa shape index (κ2) is 9.84. The molecule has 3 fully saturated rings. The van der Waals surface area contributed by atoms with Gasteiger partial charge in [-0.1, -0.05) is 13.8 Å². The number of nitrogens with zero attached hydrogens (tertiary/aromatic N) is 3. The zero-order valence-electron chi connectivity index (χ0n) is 17.3. The normalized spacial score (nSPS) is 31.6. The third kappa shape index (κ3) is 5.66. The van der Waals surface area contributed by atoms with E-state index >= 15 is 0 Å². The summed E-state index contributed by atoms with van der Waals surface area (Å²) in [5, 5.41) is 3.01. The van der Waals surface area contributed by atoms with Gasteiger partial charge in [0.15, 0.2) is 0 Å². The average Bonchev–Trinajstić information content (AvgIpc) is 2.68. The Bertz CT molecular complexity index is 613. The molecule has 28 heavy (non-hydrogen) atoms. The van der Waals surface area contributed by atoms with Crippen LogP contribution in [0.4, 0.5) is 0 Å². The Morgan fingerprint density at radius 3 is 2.39 bits per heavy atom. The van der Waals surface area contributed by atoms with Crippen molar-refractivity contribution >= 4 is 16.1 Å². The Labute approximate surface area is 169 Å². The lowest BCUT2D eigenvalue weighted by atomic mass is 9.94. The summed E-state index contributed by atoms with van der Waals surface area (Å²) in [4.78, 5) is 14.9. The van der Waals surface area contributed by atoms with Gasteiger partial charge in [0, 0.05) is 52.4 Å². The average molecular weight is 417 g/mol. The zero-order valence-corrected chi connectivity index (χ0v) is 18.1. The smallest absolute Gasteiger partial charge is 0.282 e. The number of carbonyl (C=O) groups excluding carboxylic acids is 1. The molecule has 0 aliphatic carbocycles. The lowest BCUT2D eigenvalue weighted by Crippen LogP contribution is -2.53. The highest BCUT2D eigenvalue weighted by Crippen LogP contribution is 2.27. The first-order valence-corrected chi connectivity index (χ1v) is 12.1. The highest BCUT2D eigenvalue weighted by Gasteiger charge is 2.38. The van der Waals surface area contributed by atoms with Crippen molar-refractivity contribution in [3.05, 3.63) is 0 Å². The molecule has 3 atom stereocenters. The van der Waals surface area contributed by atoms with Crippen molar-refractivity contribution in [3.63, 3.8) is 0 Å². The standard InChI is InChI=1S/C19H36N4O4S/c1-16-12-17(2)14-23(13-16)28(25,26)22-6-3-4-18(15-22)19(24)20-5-7-21-8-10-27-11-9-21/h16-18H,3-15H2,1-2H3,(H,20,24)/t16-,17-,18+/m1/s1. The summed E-state index contributed by atoms with van der Waals surface area (Å²) < 4.78 is 34.7. The van der Waals surface area contributed by atoms with Crippen molar-refractivity contribution < 1.29 is 17.9 Å². The quantitative estimate of drug-likeness (QED) is 0.677. The van der Waals surface area contributed by atoms with Gasteiger partial charge in [0.2, 0.25) is 5.91 Å². The summed E-state index contributed by atoms with van der Waals surface area (Å²) in [5.74, 6) is 0.478. The molecular weight excluding hydrogens is 380 g/mol. The molecule has 3 aliphatic rings. The molecule has 3 aliphatic heterocycles. The van der Waals surface area contributed by atoms with Gasteiger partial charge in [-0.05, 0) is 31.1 Å². The Balaban J connectivity index is 1.50. The summed E-state index contributed by atoms with van der Waals surface area (Å²) in [7, 11) is -3.49. The lowest BCUT2D eigenvalue weighted by Gasteiger charge is -2.39. The first-order valence-electron chi connectivity index (χ1n) is 10.7. The van der Waals surface area contributed by atoms with E-state index in [0.717, 1.165) is 52.1 Å². The van der Waals surface area contributed by atoms with Crippen LogP contribution in [0.2, 0.25) is 0 Å². The molecular formula is C19H36N4O4S. The summed E-state index contributed by atoms with van der Waals surface area (Å²) in [6, 6.07) is 0. The number of ether oxygens (including phenoxy) is 1. The number of piperidine rings is 2. The molecule has 0 radical (unpaired) electrons. The van der Waals surface area contributed by atoms with Gasteiger partial charge in [-0.3, -0.25) is 9.69 Å². The number of amides is 1. The molecule has 8 nitrogen and oxygen atoms in total. The van der Waals surface area contributed by atoms with Crippen LogP contribution in [0.1, 0.15) is 33.1 Å². The van der Waals surface area contributed by atoms with Gasteiger partial charge in [-0.2, -0.15) is 17.0 Å². The van der Waals surface area contributed by atoms with Crippen molar-refractivity contribution in [2.24, 2.45) is 17.8 Å². The van der Waals surface area contributed by atoms with Crippen LogP contribution < -0.4 is 5.32 Å². The molecule has 1 amide bonds. The fourth-order valence-corrected chi connectivity index (χ4v) is 6.57. The van der Waals surface area contributed by atoms with Crippen LogP contribution in [0, 0.1) is 17.8 Å². The van der Waals surface area contributed by atoms with E-state index in [4.69, 9.17) is 4.74 Å². The Kier molecular flexibility index (Phi) is 7.72. The maximum absolute atomic E-state index is 13.1. The molecule has 162 valence electrons. The van der Waals surface area contributed by atoms with E-state index < -0.39 is 10.2 Å². The fourth-order valence-electron chi connectivity index (χ4n) is 4.63. The van der Waals surface area contributed by atoms with Gasteiger partial charge in [0.25, 0.3) is 10.2 Å². The van der Waals surface area contributed by atoms with E-state index in [9.17, 15) is 13.2 Å². The molecule has 3 saturated heterocycles. The summed E-state index contributed by atoms with van der Waals surface area (Å²) in [6.45, 7) is 10.9. The topological polar surface area (TPSA) is 82.2 Å². The largest absolute Gasteiger partial charge is 0.379 e. The molecule has 0 spiro atoms. The maximum Gasteiger partial charge on any atom is 0.282 e. The van der Waals surface area contributed by atoms with Crippen molar-refractivity contribution in [1.29, 1.82) is 0 Å². The van der Waals surface area contributed by atoms with Gasteiger partial charge < -0.3 is 10.1 Å². The number of hydrogen-bond donors (Lipinski definition) is 1. The molecule has 1 N–H and O–H groups in total. The third-order valence-electron chi connectivity index (χ3n) is 6.07. The minimum absolute atomic E-state index is 0.0199. The minimum atomic E-state index is -3.49. The number of rotatable bonds is 6. The van der Waals surface area contributed by atoms with Crippen molar-refractivity contribution in [2.75, 3.05) is 65.6 Å². The number of morpholine rings is 1. The monoisotopic (exact) mass is 416 g/mol. The van der Waals surface area contributed by atoms with Crippen LogP contribution in [0.5, 0.6) is 0 Å². The Hall–Kier alpha value is -0.740. The minimum Gasteiger partial charge on any atom is -0.379 e. The summed E-state index contributed by atoms with van der Waals surface area (Å²) >= 11 is 0. The van der Waals surface area contributed by atoms with Crippen LogP contribution in [-0.4, -0.2) is 93.4 Å². The summed E-state index contributed by atoms with van der Waals surface area (Å²) in [5.41, 5.74) is 0. The first kappa shape index (κ1) is 22.0. The molecule has 0 aromatic heterocycles. The predicted octanol–water partition coefficient (Wildman–Crippen LogP) is 0.370. The van der Waals surface area contributed by atoms with Crippen molar-refractivity contribution in [2.45, 2.75) is 33.1 Å². The van der Waals surface area contributed by atoms with Gasteiger partial charge >= 0.3 is 0 Å². The lowest BCUT2D eigenvalue weighted by molar-refractivity contribution is -0.126. The first-order chi connectivity index (χ1) is 13.4. The van der Waals surface area contributed by atoms with Crippen LogP contribution in [0.3, 0.4) is 0 Å². The molecule has 0 unspecified atom stereocenters. The van der Waals surface area contributed by atoms with Crippen LogP contribution >= 0.6 is 0 Å². The van der Waals surface area contributed by atoms with Gasteiger partial charge in [-0.25, -0.2) is 0 Å². The maximum atomic E-state index is 13.1. The van der Waals surface area contributed by atoms with Gasteiger partial charge in [0.05, 0.1) is 19.1 Å². The van der Waals surface area contributed by atoms with Crippen LogP contribution in [-0.2, 0) is 19.7 Å². The Morgan fingerprint density at radius 2 is 1.71 bits per heavy atom. The highest BCUT2D eigenvalue weighted by atomic mass is 32.2. The molecule has 0 aromatic carbocycles. The summed E-state index contributed by atoms with van der Waals surface area (Å²) in [6.07, 6.45) is 2.56. The van der Waals surface area contributed by atoms with E-state index in [1.54, 1.807) is 4.31 Å². The van der Waals surface area contributed by atoms with Gasteiger partial charge in [-0.15, -0.1) is 0 Å². The van der Waals surface area contributed by atoms with Crippen molar-refractivity contribution in [1.82, 2.24) is 18.8 Å². The van der Waals surface area contributed by atoms with E-state index in [1.165, 1.54) is 4.31 Å². The SMILES string of the molecule is C[C@@H]1C[C@@H](C)CN(S(=O)(=O)N2CCC[C@H](C(=O)NCCN3CCOCC3)C2)C1. The molecule has 3 heterocycles. The second-order valence-corrected chi connectivity index (χ2v) is 10.6. The van der Waals surface area contributed by atoms with E-state index in [1.807, 2.05) is 0 Å². The molecule has 9 heteroatoms. The number of hydrogen-bond acceptors (Lipinski definition) is 5. The third-order valence-corrected chi connectivity index (χ3v) is 8.01. The van der Waals surface area contributed by atoms with Crippen LogP contribution in [0.15, 0.2) is 0 Å². The fraction of sp³-hybridized carbons (Fsp3) is 0.947. The Morgan fingerprint density at radius 1 is 1.04 bits per heavy atom. The van der Waals surface area contributed by atoms with E-state index in [-0.39, 0.29) is 11.8 Å². The predicted molar refractivity (Wildman–Crippen MR) is 108 cm³/mol. The molecule has 0 bridgehead atoms. The number of nitrogens with one attached hydrogen (secondary N) is 1. The van der Waals surface area contributed by atoms with E-state index in [2.05, 4.69) is 24.1 Å². The molecule has 3 rings (SSSR count). The molecule has 0 saturated carbocycles. The second-order valence-electron chi connectivity index (χ2n) is 8.71. The molecule has 0 aromatic rings. The van der Waals surface area contributed by atoms with E-state index in [0.29, 0.717) is 44.6 Å². The highest BCUT2D eigenvalue weighted by molar-refractivity contribution is 7.86. The number of carbonyl (C=O) groups is 1. The van der Waals surface area contributed by atoms with Crippen molar-refractivity contribution in [3.8, 4) is 0 Å². The zero-order chi connectivity index (χ0) is 20.1. The van der Waals surface area contributed by atoms with Crippen LogP contribution in [0.25, 0.3) is 0 Å².